The van der Waals surface area contributed by atoms with E-state index in [0.29, 0.717) is 13.1 Å². The molecule has 0 unspecified atom stereocenters. The molecule has 4 nitrogen and oxygen atoms in total. The maximum Gasteiger partial charge on any atom is 0.194 e. The topological polar surface area (TPSA) is 47.9 Å². The molecular formula is C14H22IN3O. The number of β-amino-alcohol motifs (C(OH)–C–C–N with tert-alkyl or cyclic N) is 1. The second-order valence-electron chi connectivity index (χ2n) is 4.54. The predicted octanol–water partition coefficient (Wildman–Crippen LogP) is 1.84. The van der Waals surface area contributed by atoms with Gasteiger partial charge in [0.1, 0.15) is 0 Å². The minimum Gasteiger partial charge on any atom is -0.391 e. The van der Waals surface area contributed by atoms with Crippen LogP contribution in [0.5, 0.6) is 0 Å². The van der Waals surface area contributed by atoms with E-state index in [0.717, 1.165) is 25.5 Å². The SMILES string of the molecule is CCNC(=NCc1ccccc1)N1CC[C@@H](O)C1.I. The molecule has 1 saturated heterocycles. The van der Waals surface area contributed by atoms with Gasteiger partial charge in [-0.05, 0) is 18.9 Å². The zero-order valence-corrected chi connectivity index (χ0v) is 13.6. The first-order chi connectivity index (χ1) is 8.79. The molecule has 0 aromatic heterocycles. The molecule has 2 N–H and O–H groups in total. The molecule has 0 bridgehead atoms. The van der Waals surface area contributed by atoms with E-state index in [1.165, 1.54) is 5.56 Å². The molecular weight excluding hydrogens is 353 g/mol. The van der Waals surface area contributed by atoms with Gasteiger partial charge in [0.2, 0.25) is 0 Å². The summed E-state index contributed by atoms with van der Waals surface area (Å²) in [5, 5.41) is 12.9. The molecule has 0 spiro atoms. The molecule has 19 heavy (non-hydrogen) atoms. The van der Waals surface area contributed by atoms with Crippen molar-refractivity contribution >= 4 is 29.9 Å². The van der Waals surface area contributed by atoms with Crippen LogP contribution in [0.1, 0.15) is 18.9 Å². The highest BCUT2D eigenvalue weighted by Crippen LogP contribution is 2.09. The fraction of sp³-hybridized carbons (Fsp3) is 0.500. The van der Waals surface area contributed by atoms with E-state index in [4.69, 9.17) is 0 Å². The van der Waals surface area contributed by atoms with E-state index in [9.17, 15) is 5.11 Å². The number of hydrogen-bond acceptors (Lipinski definition) is 2. The summed E-state index contributed by atoms with van der Waals surface area (Å²) >= 11 is 0. The number of aliphatic hydroxyl groups is 1. The molecule has 1 aromatic carbocycles. The molecule has 0 amide bonds. The molecule has 1 aliphatic heterocycles. The zero-order chi connectivity index (χ0) is 12.8. The molecule has 1 fully saturated rings. The van der Waals surface area contributed by atoms with E-state index in [-0.39, 0.29) is 30.1 Å². The second-order valence-corrected chi connectivity index (χ2v) is 4.54. The molecule has 1 aliphatic rings. The number of guanidine groups is 1. The van der Waals surface area contributed by atoms with Gasteiger partial charge in [0.05, 0.1) is 12.6 Å². The van der Waals surface area contributed by atoms with Crippen LogP contribution in [-0.4, -0.2) is 41.7 Å². The van der Waals surface area contributed by atoms with Crippen molar-refractivity contribution in [1.82, 2.24) is 10.2 Å². The van der Waals surface area contributed by atoms with Crippen molar-refractivity contribution in [3.63, 3.8) is 0 Å². The van der Waals surface area contributed by atoms with Gasteiger partial charge < -0.3 is 15.3 Å². The highest BCUT2D eigenvalue weighted by molar-refractivity contribution is 14.0. The lowest BCUT2D eigenvalue weighted by atomic mass is 10.2. The summed E-state index contributed by atoms with van der Waals surface area (Å²) in [4.78, 5) is 6.74. The fourth-order valence-corrected chi connectivity index (χ4v) is 2.11. The largest absolute Gasteiger partial charge is 0.391 e. The fourth-order valence-electron chi connectivity index (χ4n) is 2.11. The summed E-state index contributed by atoms with van der Waals surface area (Å²) in [5.41, 5.74) is 1.20. The average Bonchev–Trinajstić information content (AvgIpc) is 2.82. The van der Waals surface area contributed by atoms with Crippen LogP contribution in [0.15, 0.2) is 35.3 Å². The molecule has 1 aromatic rings. The molecule has 5 heteroatoms. The maximum atomic E-state index is 9.58. The van der Waals surface area contributed by atoms with Gasteiger partial charge in [-0.3, -0.25) is 0 Å². The third kappa shape index (κ3) is 4.99. The van der Waals surface area contributed by atoms with E-state index in [1.807, 2.05) is 18.2 Å². The highest BCUT2D eigenvalue weighted by Gasteiger charge is 2.22. The van der Waals surface area contributed by atoms with Gasteiger partial charge in [-0.15, -0.1) is 24.0 Å². The smallest absolute Gasteiger partial charge is 0.194 e. The summed E-state index contributed by atoms with van der Waals surface area (Å²) < 4.78 is 0. The molecule has 1 atom stereocenters. The summed E-state index contributed by atoms with van der Waals surface area (Å²) in [6.07, 6.45) is 0.612. The zero-order valence-electron chi connectivity index (χ0n) is 11.2. The Balaban J connectivity index is 0.00000180. The number of hydrogen-bond donors (Lipinski definition) is 2. The Morgan fingerprint density at radius 1 is 1.42 bits per heavy atom. The van der Waals surface area contributed by atoms with E-state index >= 15 is 0 Å². The lowest BCUT2D eigenvalue weighted by Crippen LogP contribution is -2.40. The number of rotatable bonds is 3. The first-order valence-electron chi connectivity index (χ1n) is 6.55. The van der Waals surface area contributed by atoms with E-state index in [1.54, 1.807) is 0 Å². The summed E-state index contributed by atoms with van der Waals surface area (Å²) in [7, 11) is 0. The Morgan fingerprint density at radius 2 is 2.16 bits per heavy atom. The summed E-state index contributed by atoms with van der Waals surface area (Å²) in [6.45, 7) is 5.14. The van der Waals surface area contributed by atoms with Crippen LogP contribution in [0, 0.1) is 0 Å². The van der Waals surface area contributed by atoms with Gasteiger partial charge in [-0.25, -0.2) is 4.99 Å². The lowest BCUT2D eigenvalue weighted by Gasteiger charge is -2.20. The van der Waals surface area contributed by atoms with Gasteiger partial charge in [0.25, 0.3) is 0 Å². The Hall–Kier alpha value is -0.820. The van der Waals surface area contributed by atoms with Crippen molar-refractivity contribution in [2.24, 2.45) is 4.99 Å². The van der Waals surface area contributed by atoms with Crippen LogP contribution in [-0.2, 0) is 6.54 Å². The Labute approximate surface area is 131 Å². The lowest BCUT2D eigenvalue weighted by molar-refractivity contribution is 0.188. The third-order valence-electron chi connectivity index (χ3n) is 3.05. The molecule has 0 saturated carbocycles. The monoisotopic (exact) mass is 375 g/mol. The quantitative estimate of drug-likeness (QED) is 0.482. The molecule has 106 valence electrons. The van der Waals surface area contributed by atoms with E-state index in [2.05, 4.69) is 34.3 Å². The van der Waals surface area contributed by atoms with Crippen molar-refractivity contribution in [3.05, 3.63) is 35.9 Å². The second kappa shape index (κ2) is 8.37. The van der Waals surface area contributed by atoms with Gasteiger partial charge >= 0.3 is 0 Å². The number of aliphatic imine (C=N–C) groups is 1. The van der Waals surface area contributed by atoms with Crippen molar-refractivity contribution < 1.29 is 5.11 Å². The highest BCUT2D eigenvalue weighted by atomic mass is 127. The Morgan fingerprint density at radius 3 is 2.74 bits per heavy atom. The maximum absolute atomic E-state index is 9.58. The molecule has 1 heterocycles. The van der Waals surface area contributed by atoms with Crippen LogP contribution in [0.2, 0.25) is 0 Å². The van der Waals surface area contributed by atoms with Crippen LogP contribution < -0.4 is 5.32 Å². The predicted molar refractivity (Wildman–Crippen MR) is 88.9 cm³/mol. The van der Waals surface area contributed by atoms with Crippen molar-refractivity contribution in [2.75, 3.05) is 19.6 Å². The normalized spacial score (nSPS) is 19.2. The van der Waals surface area contributed by atoms with Gasteiger partial charge in [0, 0.05) is 19.6 Å². The molecule has 0 radical (unpaired) electrons. The number of likely N-dealkylation sites (tertiary alicyclic amines) is 1. The minimum absolute atomic E-state index is 0. The van der Waals surface area contributed by atoms with E-state index < -0.39 is 0 Å². The summed E-state index contributed by atoms with van der Waals surface area (Å²) in [6, 6.07) is 10.2. The van der Waals surface area contributed by atoms with Crippen LogP contribution >= 0.6 is 24.0 Å². The Kier molecular flexibility index (Phi) is 7.15. The number of benzene rings is 1. The standard InChI is InChI=1S/C14H21N3O.HI/c1-2-15-14(17-9-8-13(18)11-17)16-10-12-6-4-3-5-7-12;/h3-7,13,18H,2,8-11H2,1H3,(H,15,16);1H/t13-;/m1./s1. The number of nitrogens with one attached hydrogen (secondary N) is 1. The number of halogens is 1. The average molecular weight is 375 g/mol. The van der Waals surface area contributed by atoms with Gasteiger partial charge in [-0.2, -0.15) is 0 Å². The van der Waals surface area contributed by atoms with Crippen molar-refractivity contribution in [2.45, 2.75) is 26.0 Å². The minimum atomic E-state index is -0.217. The van der Waals surface area contributed by atoms with Crippen molar-refractivity contribution in [3.8, 4) is 0 Å². The third-order valence-corrected chi connectivity index (χ3v) is 3.05. The van der Waals surface area contributed by atoms with Crippen LogP contribution in [0.4, 0.5) is 0 Å². The van der Waals surface area contributed by atoms with Gasteiger partial charge in [0.15, 0.2) is 5.96 Å². The molecule has 0 aliphatic carbocycles. The van der Waals surface area contributed by atoms with Crippen LogP contribution in [0.3, 0.4) is 0 Å². The Bertz CT molecular complexity index is 397. The molecule has 2 rings (SSSR count). The summed E-state index contributed by atoms with van der Waals surface area (Å²) in [5.74, 6) is 0.901. The number of aliphatic hydroxyl groups excluding tert-OH is 1. The number of nitrogens with zero attached hydrogens (tertiary/aromatic N) is 2. The first-order valence-corrected chi connectivity index (χ1v) is 6.55. The van der Waals surface area contributed by atoms with Crippen molar-refractivity contribution in [1.29, 1.82) is 0 Å². The van der Waals surface area contributed by atoms with Gasteiger partial charge in [-0.1, -0.05) is 30.3 Å². The first kappa shape index (κ1) is 16.2. The van der Waals surface area contributed by atoms with Crippen LogP contribution in [0.25, 0.3) is 0 Å².